The lowest BCUT2D eigenvalue weighted by Crippen LogP contribution is -2.51. The highest BCUT2D eigenvalue weighted by molar-refractivity contribution is 5.68. The Morgan fingerprint density at radius 2 is 2.00 bits per heavy atom. The average molecular weight is 326 g/mol. The van der Waals surface area contributed by atoms with Gasteiger partial charge in [0, 0.05) is 38.9 Å². The molecule has 0 aliphatic carbocycles. The molecule has 2 aliphatic heterocycles. The van der Waals surface area contributed by atoms with Crippen LogP contribution in [0.5, 0.6) is 0 Å². The second-order valence-electron chi connectivity index (χ2n) is 8.38. The first kappa shape index (κ1) is 18.5. The van der Waals surface area contributed by atoms with E-state index in [1.54, 1.807) is 0 Å². The van der Waals surface area contributed by atoms with Gasteiger partial charge in [-0.15, -0.1) is 0 Å². The van der Waals surface area contributed by atoms with Gasteiger partial charge in [0.25, 0.3) is 0 Å². The van der Waals surface area contributed by atoms with Crippen LogP contribution in [0.3, 0.4) is 0 Å². The van der Waals surface area contributed by atoms with Crippen LogP contribution in [0.25, 0.3) is 0 Å². The summed E-state index contributed by atoms with van der Waals surface area (Å²) in [6.07, 6.45) is 5.38. The van der Waals surface area contributed by atoms with E-state index >= 15 is 0 Å². The van der Waals surface area contributed by atoms with E-state index in [2.05, 4.69) is 12.2 Å². The fourth-order valence-electron chi connectivity index (χ4n) is 3.36. The molecule has 0 bridgehead atoms. The van der Waals surface area contributed by atoms with E-state index in [0.29, 0.717) is 5.41 Å². The predicted molar refractivity (Wildman–Crippen MR) is 91.6 cm³/mol. The van der Waals surface area contributed by atoms with Crippen molar-refractivity contribution >= 4 is 6.09 Å². The number of nitrogens with zero attached hydrogens (tertiary/aromatic N) is 1. The Morgan fingerprint density at radius 3 is 2.65 bits per heavy atom. The molecule has 0 aromatic carbocycles. The Balaban J connectivity index is 1.82. The second-order valence-corrected chi connectivity index (χ2v) is 8.38. The first-order valence-corrected chi connectivity index (χ1v) is 9.07. The van der Waals surface area contributed by atoms with Gasteiger partial charge in [-0.3, -0.25) is 0 Å². The van der Waals surface area contributed by atoms with Gasteiger partial charge in [0.1, 0.15) is 5.60 Å². The zero-order chi connectivity index (χ0) is 16.9. The van der Waals surface area contributed by atoms with Gasteiger partial charge in [-0.2, -0.15) is 0 Å². The SMILES string of the molecule is CC1(CNCC2CCCCN2C(=O)OC(C)(C)C)CCOCC1. The number of hydrogen-bond acceptors (Lipinski definition) is 4. The number of carbonyl (C=O) groups is 1. The van der Waals surface area contributed by atoms with Crippen LogP contribution in [0.4, 0.5) is 4.79 Å². The van der Waals surface area contributed by atoms with Gasteiger partial charge in [0.2, 0.25) is 0 Å². The molecule has 2 heterocycles. The van der Waals surface area contributed by atoms with Crippen molar-refractivity contribution in [2.75, 3.05) is 32.8 Å². The summed E-state index contributed by atoms with van der Waals surface area (Å²) in [5.74, 6) is 0. The minimum atomic E-state index is -0.428. The van der Waals surface area contributed by atoms with Crippen LogP contribution >= 0.6 is 0 Å². The third kappa shape index (κ3) is 5.96. The van der Waals surface area contributed by atoms with E-state index in [1.165, 1.54) is 6.42 Å². The van der Waals surface area contributed by atoms with Crippen molar-refractivity contribution in [3.63, 3.8) is 0 Å². The van der Waals surface area contributed by atoms with E-state index < -0.39 is 5.60 Å². The summed E-state index contributed by atoms with van der Waals surface area (Å²) in [4.78, 5) is 14.3. The van der Waals surface area contributed by atoms with Crippen molar-refractivity contribution in [1.82, 2.24) is 10.2 Å². The zero-order valence-corrected chi connectivity index (χ0v) is 15.3. The maximum atomic E-state index is 12.4. The first-order valence-electron chi connectivity index (χ1n) is 9.07. The molecule has 0 aromatic rings. The molecule has 134 valence electrons. The van der Waals surface area contributed by atoms with Crippen molar-refractivity contribution in [1.29, 1.82) is 0 Å². The zero-order valence-electron chi connectivity index (χ0n) is 15.3. The summed E-state index contributed by atoms with van der Waals surface area (Å²) in [6.45, 7) is 12.5. The molecule has 2 saturated heterocycles. The number of ether oxygens (including phenoxy) is 2. The monoisotopic (exact) mass is 326 g/mol. The molecule has 1 unspecified atom stereocenters. The van der Waals surface area contributed by atoms with E-state index in [-0.39, 0.29) is 12.1 Å². The fourth-order valence-corrected chi connectivity index (χ4v) is 3.36. The van der Waals surface area contributed by atoms with Crippen molar-refractivity contribution in [2.24, 2.45) is 5.41 Å². The van der Waals surface area contributed by atoms with Gasteiger partial charge >= 0.3 is 6.09 Å². The van der Waals surface area contributed by atoms with Crippen molar-refractivity contribution < 1.29 is 14.3 Å². The molecule has 0 saturated carbocycles. The molecule has 23 heavy (non-hydrogen) atoms. The number of carbonyl (C=O) groups excluding carboxylic acids is 1. The van der Waals surface area contributed by atoms with Gasteiger partial charge in [-0.25, -0.2) is 4.79 Å². The Bertz CT molecular complexity index is 386. The van der Waals surface area contributed by atoms with Crippen molar-refractivity contribution in [3.05, 3.63) is 0 Å². The molecular formula is C18H34N2O3. The van der Waals surface area contributed by atoms with Crippen LogP contribution in [0.15, 0.2) is 0 Å². The molecule has 2 rings (SSSR count). The topological polar surface area (TPSA) is 50.8 Å². The van der Waals surface area contributed by atoms with Gasteiger partial charge < -0.3 is 19.7 Å². The molecule has 1 amide bonds. The molecular weight excluding hydrogens is 292 g/mol. The standard InChI is InChI=1S/C18H34N2O3/c1-17(2,3)23-16(21)20-10-6-5-7-15(20)13-19-14-18(4)8-11-22-12-9-18/h15,19H,5-14H2,1-4H3. The third-order valence-corrected chi connectivity index (χ3v) is 4.89. The van der Waals surface area contributed by atoms with Crippen LogP contribution < -0.4 is 5.32 Å². The van der Waals surface area contributed by atoms with Crippen LogP contribution in [-0.4, -0.2) is 55.5 Å². The summed E-state index contributed by atoms with van der Waals surface area (Å²) in [5.41, 5.74) is -0.105. The van der Waals surface area contributed by atoms with Crippen LogP contribution in [0.2, 0.25) is 0 Å². The van der Waals surface area contributed by atoms with E-state index in [9.17, 15) is 4.79 Å². The number of amides is 1. The minimum absolute atomic E-state index is 0.165. The molecule has 2 fully saturated rings. The summed E-state index contributed by atoms with van der Waals surface area (Å²) in [6, 6.07) is 0.252. The van der Waals surface area contributed by atoms with E-state index in [4.69, 9.17) is 9.47 Å². The number of piperidine rings is 1. The summed E-state index contributed by atoms with van der Waals surface area (Å²) in [7, 11) is 0. The Hall–Kier alpha value is -0.810. The largest absolute Gasteiger partial charge is 0.444 e. The van der Waals surface area contributed by atoms with Gasteiger partial charge in [0.05, 0.1) is 0 Å². The van der Waals surface area contributed by atoms with Crippen molar-refractivity contribution in [3.8, 4) is 0 Å². The smallest absolute Gasteiger partial charge is 0.410 e. The van der Waals surface area contributed by atoms with E-state index in [1.807, 2.05) is 25.7 Å². The van der Waals surface area contributed by atoms with E-state index in [0.717, 1.165) is 58.5 Å². The molecule has 5 heteroatoms. The number of nitrogens with one attached hydrogen (secondary N) is 1. The van der Waals surface area contributed by atoms with Gasteiger partial charge in [0.15, 0.2) is 0 Å². The molecule has 1 atom stereocenters. The third-order valence-electron chi connectivity index (χ3n) is 4.89. The lowest BCUT2D eigenvalue weighted by molar-refractivity contribution is 0.00778. The Kier molecular flexibility index (Phi) is 6.32. The molecule has 0 spiro atoms. The highest BCUT2D eigenvalue weighted by Gasteiger charge is 2.31. The lowest BCUT2D eigenvalue weighted by Gasteiger charge is -2.38. The average Bonchev–Trinajstić information content (AvgIpc) is 2.46. The highest BCUT2D eigenvalue weighted by Crippen LogP contribution is 2.29. The molecule has 2 aliphatic rings. The number of likely N-dealkylation sites (tertiary alicyclic amines) is 1. The quantitative estimate of drug-likeness (QED) is 0.862. The molecule has 5 nitrogen and oxygen atoms in total. The summed E-state index contributed by atoms with van der Waals surface area (Å²) < 4.78 is 11.0. The van der Waals surface area contributed by atoms with Crippen LogP contribution in [0, 0.1) is 5.41 Å². The highest BCUT2D eigenvalue weighted by atomic mass is 16.6. The minimum Gasteiger partial charge on any atom is -0.444 e. The summed E-state index contributed by atoms with van der Waals surface area (Å²) in [5, 5.41) is 3.61. The first-order chi connectivity index (χ1) is 10.8. The molecule has 1 N–H and O–H groups in total. The fraction of sp³-hybridized carbons (Fsp3) is 0.944. The van der Waals surface area contributed by atoms with Gasteiger partial charge in [-0.1, -0.05) is 6.92 Å². The van der Waals surface area contributed by atoms with Crippen LogP contribution in [0.1, 0.15) is 59.8 Å². The second kappa shape index (κ2) is 7.84. The number of hydrogen-bond donors (Lipinski definition) is 1. The molecule has 0 aromatic heterocycles. The lowest BCUT2D eigenvalue weighted by atomic mass is 9.82. The number of rotatable bonds is 4. The summed E-state index contributed by atoms with van der Waals surface area (Å²) >= 11 is 0. The van der Waals surface area contributed by atoms with Crippen LogP contribution in [-0.2, 0) is 9.47 Å². The predicted octanol–water partition coefficient (Wildman–Crippen LogP) is 3.18. The molecule has 0 radical (unpaired) electrons. The van der Waals surface area contributed by atoms with Crippen molar-refractivity contribution in [2.45, 2.75) is 71.4 Å². The van der Waals surface area contributed by atoms with Gasteiger partial charge in [-0.05, 0) is 58.3 Å². The maximum Gasteiger partial charge on any atom is 0.410 e. The Morgan fingerprint density at radius 1 is 1.30 bits per heavy atom. The normalized spacial score (nSPS) is 25.2. The maximum absolute atomic E-state index is 12.4. The Labute approximate surface area is 141 Å².